The summed E-state index contributed by atoms with van der Waals surface area (Å²) in [6, 6.07) is 4.28. The number of benzene rings is 2. The maximum Gasteiger partial charge on any atom is 0.201 e. The van der Waals surface area contributed by atoms with Crippen LogP contribution < -0.4 is 0 Å². The Bertz CT molecular complexity index is 665. The Morgan fingerprint density at radius 1 is 0.947 bits per heavy atom. The summed E-state index contributed by atoms with van der Waals surface area (Å²) in [6.07, 6.45) is 0. The van der Waals surface area contributed by atoms with Gasteiger partial charge >= 0.3 is 0 Å². The third kappa shape index (κ3) is 2.36. The Balaban J connectivity index is 2.59. The molecule has 2 rings (SSSR count). The zero-order valence-corrected chi connectivity index (χ0v) is 9.81. The maximum atomic E-state index is 13.8. The van der Waals surface area contributed by atoms with Crippen LogP contribution in [0.2, 0.25) is 0 Å². The van der Waals surface area contributed by atoms with Gasteiger partial charge in [0.25, 0.3) is 0 Å². The maximum absolute atomic E-state index is 13.8. The van der Waals surface area contributed by atoms with Crippen molar-refractivity contribution in [1.29, 1.82) is 0 Å². The predicted octanol–water partition coefficient (Wildman–Crippen LogP) is 3.78. The van der Waals surface area contributed by atoms with Crippen molar-refractivity contribution in [2.45, 2.75) is 6.92 Å². The number of rotatable bonds is 2. The van der Waals surface area contributed by atoms with Gasteiger partial charge < -0.3 is 0 Å². The van der Waals surface area contributed by atoms with Crippen molar-refractivity contribution < 1.29 is 22.4 Å². The normalized spacial score (nSPS) is 10.6. The summed E-state index contributed by atoms with van der Waals surface area (Å²) in [7, 11) is 0. The van der Waals surface area contributed by atoms with Gasteiger partial charge in [-0.2, -0.15) is 0 Å². The first kappa shape index (κ1) is 13.3. The molecule has 0 fully saturated rings. The molecule has 0 aliphatic rings. The molecule has 0 aliphatic carbocycles. The third-order valence-electron chi connectivity index (χ3n) is 2.69. The van der Waals surface area contributed by atoms with Gasteiger partial charge in [0.1, 0.15) is 23.3 Å². The summed E-state index contributed by atoms with van der Waals surface area (Å²) in [5.41, 5.74) is -1.36. The lowest BCUT2D eigenvalue weighted by molar-refractivity contribution is 0.102. The van der Waals surface area contributed by atoms with E-state index in [1.807, 2.05) is 0 Å². The topological polar surface area (TPSA) is 17.1 Å². The molecule has 0 N–H and O–H groups in total. The van der Waals surface area contributed by atoms with Gasteiger partial charge in [-0.1, -0.05) is 6.07 Å². The first-order valence-corrected chi connectivity index (χ1v) is 5.36. The van der Waals surface area contributed by atoms with Crippen molar-refractivity contribution in [3.05, 3.63) is 70.3 Å². The summed E-state index contributed by atoms with van der Waals surface area (Å²) in [5, 5.41) is 0. The highest BCUT2D eigenvalue weighted by Crippen LogP contribution is 2.21. The number of ketones is 1. The summed E-state index contributed by atoms with van der Waals surface area (Å²) in [5.74, 6) is -5.33. The Kier molecular flexibility index (Phi) is 3.38. The summed E-state index contributed by atoms with van der Waals surface area (Å²) in [6.45, 7) is 1.35. The molecule has 0 atom stereocenters. The van der Waals surface area contributed by atoms with Crippen LogP contribution in [-0.2, 0) is 0 Å². The van der Waals surface area contributed by atoms with Crippen LogP contribution in [0.3, 0.4) is 0 Å². The number of halogens is 4. The first-order chi connectivity index (χ1) is 8.91. The van der Waals surface area contributed by atoms with E-state index in [0.717, 1.165) is 18.2 Å². The fourth-order valence-corrected chi connectivity index (χ4v) is 1.67. The summed E-state index contributed by atoms with van der Waals surface area (Å²) < 4.78 is 53.5. The van der Waals surface area contributed by atoms with E-state index in [0.29, 0.717) is 6.07 Å². The van der Waals surface area contributed by atoms with Crippen molar-refractivity contribution in [3.8, 4) is 0 Å². The largest absolute Gasteiger partial charge is 0.288 e. The van der Waals surface area contributed by atoms with Crippen molar-refractivity contribution in [1.82, 2.24) is 0 Å². The SMILES string of the molecule is Cc1ccc(F)c(C(=O)c2ccc(F)cc2F)c1F. The van der Waals surface area contributed by atoms with Crippen molar-refractivity contribution >= 4 is 5.78 Å². The van der Waals surface area contributed by atoms with E-state index in [-0.39, 0.29) is 5.56 Å². The van der Waals surface area contributed by atoms with Gasteiger partial charge in [0.05, 0.1) is 11.1 Å². The lowest BCUT2D eigenvalue weighted by Crippen LogP contribution is -2.10. The van der Waals surface area contributed by atoms with Crippen LogP contribution in [0.5, 0.6) is 0 Å². The van der Waals surface area contributed by atoms with E-state index < -0.39 is 40.2 Å². The van der Waals surface area contributed by atoms with Crippen LogP contribution in [-0.4, -0.2) is 5.78 Å². The molecule has 2 aromatic rings. The van der Waals surface area contributed by atoms with Crippen molar-refractivity contribution in [2.75, 3.05) is 0 Å². The Morgan fingerprint density at radius 2 is 1.63 bits per heavy atom. The molecule has 0 heterocycles. The monoisotopic (exact) mass is 268 g/mol. The van der Waals surface area contributed by atoms with Crippen LogP contribution in [0, 0.1) is 30.2 Å². The van der Waals surface area contributed by atoms with Crippen LogP contribution >= 0.6 is 0 Å². The minimum absolute atomic E-state index is 0.0623. The number of aryl methyl sites for hydroxylation is 1. The molecule has 0 radical (unpaired) electrons. The van der Waals surface area contributed by atoms with E-state index in [1.54, 1.807) is 0 Å². The standard InChI is InChI=1S/C14H8F4O/c1-7-2-5-10(16)12(13(7)18)14(19)9-4-3-8(15)6-11(9)17/h2-6H,1H3. The molecule has 0 saturated heterocycles. The second-order valence-corrected chi connectivity index (χ2v) is 4.01. The first-order valence-electron chi connectivity index (χ1n) is 5.36. The van der Waals surface area contributed by atoms with Gasteiger partial charge in [0.2, 0.25) is 5.78 Å². The van der Waals surface area contributed by atoms with Crippen molar-refractivity contribution in [2.24, 2.45) is 0 Å². The van der Waals surface area contributed by atoms with Crippen LogP contribution in [0.4, 0.5) is 17.6 Å². The lowest BCUT2D eigenvalue weighted by atomic mass is 10.00. The average molecular weight is 268 g/mol. The second kappa shape index (κ2) is 4.84. The zero-order chi connectivity index (χ0) is 14.2. The Labute approximate surface area is 106 Å². The molecule has 1 nitrogen and oxygen atoms in total. The number of carbonyl (C=O) groups is 1. The molecule has 19 heavy (non-hydrogen) atoms. The number of hydrogen-bond acceptors (Lipinski definition) is 1. The lowest BCUT2D eigenvalue weighted by Gasteiger charge is -2.07. The molecule has 0 aromatic heterocycles. The summed E-state index contributed by atoms with van der Waals surface area (Å²) >= 11 is 0. The van der Waals surface area contributed by atoms with Gasteiger partial charge in [-0.3, -0.25) is 4.79 Å². The predicted molar refractivity (Wildman–Crippen MR) is 60.9 cm³/mol. The molecular weight excluding hydrogens is 260 g/mol. The van der Waals surface area contributed by atoms with Crippen LogP contribution in [0.25, 0.3) is 0 Å². The van der Waals surface area contributed by atoms with Gasteiger partial charge in [0, 0.05) is 6.07 Å². The van der Waals surface area contributed by atoms with Gasteiger partial charge in [-0.15, -0.1) is 0 Å². The molecule has 0 spiro atoms. The van der Waals surface area contributed by atoms with Gasteiger partial charge in [0.15, 0.2) is 0 Å². The molecule has 0 aliphatic heterocycles. The fourth-order valence-electron chi connectivity index (χ4n) is 1.67. The van der Waals surface area contributed by atoms with E-state index >= 15 is 0 Å². The molecule has 5 heteroatoms. The van der Waals surface area contributed by atoms with E-state index in [4.69, 9.17) is 0 Å². The van der Waals surface area contributed by atoms with Gasteiger partial charge in [-0.25, -0.2) is 17.6 Å². The van der Waals surface area contributed by atoms with Gasteiger partial charge in [-0.05, 0) is 30.7 Å². The zero-order valence-electron chi connectivity index (χ0n) is 9.81. The number of carbonyl (C=O) groups excluding carboxylic acids is 1. The van der Waals surface area contributed by atoms with Crippen LogP contribution in [0.15, 0.2) is 30.3 Å². The molecular formula is C14H8F4O. The smallest absolute Gasteiger partial charge is 0.201 e. The quantitative estimate of drug-likeness (QED) is 0.598. The Hall–Kier alpha value is -2.17. The second-order valence-electron chi connectivity index (χ2n) is 4.01. The highest BCUT2D eigenvalue weighted by atomic mass is 19.1. The van der Waals surface area contributed by atoms with E-state index in [9.17, 15) is 22.4 Å². The van der Waals surface area contributed by atoms with E-state index in [1.165, 1.54) is 13.0 Å². The molecule has 0 bridgehead atoms. The molecule has 0 saturated carbocycles. The molecule has 98 valence electrons. The minimum Gasteiger partial charge on any atom is -0.288 e. The van der Waals surface area contributed by atoms with Crippen LogP contribution in [0.1, 0.15) is 21.5 Å². The highest BCUT2D eigenvalue weighted by Gasteiger charge is 2.23. The number of hydrogen-bond donors (Lipinski definition) is 0. The fraction of sp³-hybridized carbons (Fsp3) is 0.0714. The third-order valence-corrected chi connectivity index (χ3v) is 2.69. The summed E-state index contributed by atoms with van der Waals surface area (Å²) in [4.78, 5) is 11.9. The minimum atomic E-state index is -1.16. The van der Waals surface area contributed by atoms with E-state index in [2.05, 4.69) is 0 Å². The molecule has 0 amide bonds. The highest BCUT2D eigenvalue weighted by molar-refractivity contribution is 6.09. The molecule has 2 aromatic carbocycles. The Morgan fingerprint density at radius 3 is 2.26 bits per heavy atom. The average Bonchev–Trinajstić information content (AvgIpc) is 2.34. The van der Waals surface area contributed by atoms with Crippen molar-refractivity contribution in [3.63, 3.8) is 0 Å². The molecule has 0 unspecified atom stereocenters.